The average Bonchev–Trinajstić information content (AvgIpc) is 3.17. The number of carbonyl (C=O) groups is 2. The molecule has 0 aliphatic carbocycles. The molecule has 3 aromatic rings. The van der Waals surface area contributed by atoms with Crippen LogP contribution in [-0.2, 0) is 18.0 Å². The highest BCUT2D eigenvalue weighted by Gasteiger charge is 2.14. The molecule has 0 bridgehead atoms. The number of aromatic nitrogens is 2. The minimum Gasteiger partial charge on any atom is -0.372 e. The summed E-state index contributed by atoms with van der Waals surface area (Å²) in [6, 6.07) is 13.9. The van der Waals surface area contributed by atoms with E-state index in [0.29, 0.717) is 35.7 Å². The molecule has 0 saturated carbocycles. The summed E-state index contributed by atoms with van der Waals surface area (Å²) in [6.07, 6.45) is 2.97. The van der Waals surface area contributed by atoms with Crippen molar-refractivity contribution < 1.29 is 14.3 Å². The van der Waals surface area contributed by atoms with E-state index < -0.39 is 0 Å². The molecule has 0 radical (unpaired) electrons. The molecule has 1 aliphatic rings. The highest BCUT2D eigenvalue weighted by atomic mass is 16.5. The number of fused-ring (bicyclic) bond motifs is 1. The lowest BCUT2D eigenvalue weighted by atomic mass is 10.1. The van der Waals surface area contributed by atoms with Crippen molar-refractivity contribution in [2.45, 2.75) is 13.2 Å². The number of rotatable bonds is 4. The topological polar surface area (TPSA) is 93.2 Å². The lowest BCUT2D eigenvalue weighted by molar-refractivity contribution is 0.101. The summed E-state index contributed by atoms with van der Waals surface area (Å²) in [6.45, 7) is 1.13. The zero-order chi connectivity index (χ0) is 18.6. The van der Waals surface area contributed by atoms with Crippen LogP contribution >= 0.6 is 0 Å². The summed E-state index contributed by atoms with van der Waals surface area (Å²) in [5, 5.41) is 12.9. The minimum atomic E-state index is -0.264. The van der Waals surface area contributed by atoms with Gasteiger partial charge in [0, 0.05) is 16.8 Å². The van der Waals surface area contributed by atoms with Crippen LogP contribution in [0.25, 0.3) is 0 Å². The van der Waals surface area contributed by atoms with Gasteiger partial charge in [-0.3, -0.25) is 9.59 Å². The van der Waals surface area contributed by atoms with E-state index in [9.17, 15) is 9.59 Å². The maximum Gasteiger partial charge on any atom is 0.255 e. The van der Waals surface area contributed by atoms with Crippen LogP contribution < -0.4 is 10.6 Å². The minimum absolute atomic E-state index is 0.204. The van der Waals surface area contributed by atoms with E-state index in [2.05, 4.69) is 20.8 Å². The van der Waals surface area contributed by atoms with E-state index in [-0.39, 0.29) is 11.8 Å². The first-order valence-electron chi connectivity index (χ1n) is 8.38. The van der Waals surface area contributed by atoms with Crippen LogP contribution in [0.3, 0.4) is 0 Å². The third-order valence-corrected chi connectivity index (χ3v) is 4.23. The fraction of sp³-hybridized carbons (Fsp3) is 0.100. The molecule has 7 nitrogen and oxygen atoms in total. The second-order valence-electron chi connectivity index (χ2n) is 6.09. The SMILES string of the molecule is O=C(Nc1ccnnc1)c1ccc(NC(=O)c2ccc3c(c2)COC3)cc1. The number of ether oxygens (including phenoxy) is 1. The third-order valence-electron chi connectivity index (χ3n) is 4.23. The standard InChI is InChI=1S/C20H16N4O3/c25-19(24-18-7-8-21-22-10-18)13-3-5-17(6-4-13)23-20(26)14-1-2-15-11-27-12-16(15)9-14/h1-10H,11-12H2,(H,23,26)(H,21,24,25). The van der Waals surface area contributed by atoms with Gasteiger partial charge in [0.15, 0.2) is 0 Å². The Morgan fingerprint density at radius 1 is 0.778 bits per heavy atom. The molecule has 0 saturated heterocycles. The quantitative estimate of drug-likeness (QED) is 0.746. The van der Waals surface area contributed by atoms with Crippen molar-refractivity contribution >= 4 is 23.2 Å². The average molecular weight is 360 g/mol. The number of hydrogen-bond donors (Lipinski definition) is 2. The molecular weight excluding hydrogens is 344 g/mol. The van der Waals surface area contributed by atoms with Crippen LogP contribution in [0, 0.1) is 0 Å². The van der Waals surface area contributed by atoms with Crippen molar-refractivity contribution in [1.82, 2.24) is 10.2 Å². The summed E-state index contributed by atoms with van der Waals surface area (Å²) >= 11 is 0. The van der Waals surface area contributed by atoms with Gasteiger partial charge in [0.2, 0.25) is 0 Å². The molecular formula is C20H16N4O3. The van der Waals surface area contributed by atoms with Crippen LogP contribution in [0.5, 0.6) is 0 Å². The first kappa shape index (κ1) is 16.9. The molecule has 2 N–H and O–H groups in total. The number of carbonyl (C=O) groups excluding carboxylic acids is 2. The molecule has 1 aromatic heterocycles. The Morgan fingerprint density at radius 3 is 2.26 bits per heavy atom. The summed E-state index contributed by atoms with van der Waals surface area (Å²) in [5.41, 5.74) is 4.38. The largest absolute Gasteiger partial charge is 0.372 e. The van der Waals surface area contributed by atoms with E-state index in [1.807, 2.05) is 12.1 Å². The molecule has 2 aromatic carbocycles. The maximum atomic E-state index is 12.4. The number of nitrogens with zero attached hydrogens (tertiary/aromatic N) is 2. The Kier molecular flexibility index (Phi) is 4.59. The Morgan fingerprint density at radius 2 is 1.48 bits per heavy atom. The fourth-order valence-electron chi connectivity index (χ4n) is 2.79. The van der Waals surface area contributed by atoms with Gasteiger partial charge in [0.1, 0.15) is 0 Å². The predicted octanol–water partition coefficient (Wildman–Crippen LogP) is 3.01. The van der Waals surface area contributed by atoms with Crippen molar-refractivity contribution in [2.24, 2.45) is 0 Å². The van der Waals surface area contributed by atoms with Crippen molar-refractivity contribution in [3.05, 3.63) is 83.2 Å². The van der Waals surface area contributed by atoms with Gasteiger partial charge < -0.3 is 15.4 Å². The highest BCUT2D eigenvalue weighted by Crippen LogP contribution is 2.21. The van der Waals surface area contributed by atoms with Crippen LogP contribution in [0.15, 0.2) is 60.9 Å². The smallest absolute Gasteiger partial charge is 0.255 e. The molecule has 2 amide bonds. The molecule has 0 spiro atoms. The molecule has 0 atom stereocenters. The molecule has 4 rings (SSSR count). The van der Waals surface area contributed by atoms with E-state index in [4.69, 9.17) is 4.74 Å². The van der Waals surface area contributed by atoms with E-state index in [1.54, 1.807) is 36.4 Å². The molecule has 0 unspecified atom stereocenters. The lowest BCUT2D eigenvalue weighted by Gasteiger charge is -2.08. The van der Waals surface area contributed by atoms with Gasteiger partial charge in [-0.1, -0.05) is 6.07 Å². The van der Waals surface area contributed by atoms with Gasteiger partial charge in [0.25, 0.3) is 11.8 Å². The van der Waals surface area contributed by atoms with Crippen LogP contribution in [0.4, 0.5) is 11.4 Å². The number of benzene rings is 2. The number of hydrogen-bond acceptors (Lipinski definition) is 5. The molecule has 7 heteroatoms. The summed E-state index contributed by atoms with van der Waals surface area (Å²) in [7, 11) is 0. The van der Waals surface area contributed by atoms with Crippen molar-refractivity contribution in [2.75, 3.05) is 10.6 Å². The predicted molar refractivity (Wildman–Crippen MR) is 99.3 cm³/mol. The van der Waals surface area contributed by atoms with Crippen molar-refractivity contribution in [3.8, 4) is 0 Å². The van der Waals surface area contributed by atoms with E-state index in [0.717, 1.165) is 11.1 Å². The monoisotopic (exact) mass is 360 g/mol. The highest BCUT2D eigenvalue weighted by molar-refractivity contribution is 6.06. The van der Waals surface area contributed by atoms with E-state index >= 15 is 0 Å². The van der Waals surface area contributed by atoms with Gasteiger partial charge in [-0.25, -0.2) is 0 Å². The second kappa shape index (κ2) is 7.35. The number of anilines is 2. The first-order chi connectivity index (χ1) is 13.2. The van der Waals surface area contributed by atoms with Crippen LogP contribution in [0.1, 0.15) is 31.8 Å². The zero-order valence-electron chi connectivity index (χ0n) is 14.3. The lowest BCUT2D eigenvalue weighted by Crippen LogP contribution is -2.14. The Balaban J connectivity index is 1.41. The van der Waals surface area contributed by atoms with Gasteiger partial charge in [-0.05, 0) is 53.6 Å². The van der Waals surface area contributed by atoms with Gasteiger partial charge in [0.05, 0.1) is 31.3 Å². The Hall–Kier alpha value is -3.58. The van der Waals surface area contributed by atoms with Crippen LogP contribution in [0.2, 0.25) is 0 Å². The van der Waals surface area contributed by atoms with Gasteiger partial charge in [-0.15, -0.1) is 0 Å². The van der Waals surface area contributed by atoms with Crippen LogP contribution in [-0.4, -0.2) is 22.0 Å². The zero-order valence-corrected chi connectivity index (χ0v) is 14.3. The number of amides is 2. The molecule has 27 heavy (non-hydrogen) atoms. The molecule has 0 fully saturated rings. The first-order valence-corrected chi connectivity index (χ1v) is 8.38. The molecule has 1 aliphatic heterocycles. The van der Waals surface area contributed by atoms with Crippen molar-refractivity contribution in [1.29, 1.82) is 0 Å². The molecule has 2 heterocycles. The van der Waals surface area contributed by atoms with Crippen molar-refractivity contribution in [3.63, 3.8) is 0 Å². The number of nitrogens with one attached hydrogen (secondary N) is 2. The molecule has 134 valence electrons. The Bertz CT molecular complexity index is 988. The summed E-state index contributed by atoms with van der Waals surface area (Å²) in [4.78, 5) is 24.6. The van der Waals surface area contributed by atoms with Gasteiger partial charge >= 0.3 is 0 Å². The van der Waals surface area contributed by atoms with Gasteiger partial charge in [-0.2, -0.15) is 10.2 Å². The fourth-order valence-corrected chi connectivity index (χ4v) is 2.79. The third kappa shape index (κ3) is 3.83. The summed E-state index contributed by atoms with van der Waals surface area (Å²) in [5.74, 6) is -0.468. The normalized spacial score (nSPS) is 12.3. The summed E-state index contributed by atoms with van der Waals surface area (Å²) < 4.78 is 5.37. The van der Waals surface area contributed by atoms with E-state index in [1.165, 1.54) is 12.4 Å². The second-order valence-corrected chi connectivity index (χ2v) is 6.09. The maximum absolute atomic E-state index is 12.4. The Labute approximate surface area is 155 Å².